The first-order chi connectivity index (χ1) is 10.0. The van der Waals surface area contributed by atoms with E-state index in [0.717, 1.165) is 23.9 Å². The monoisotopic (exact) mass is 289 g/mol. The van der Waals surface area contributed by atoms with Gasteiger partial charge in [0.05, 0.1) is 5.69 Å². The molecule has 0 aliphatic rings. The third-order valence-corrected chi connectivity index (χ3v) is 2.81. The summed E-state index contributed by atoms with van der Waals surface area (Å²) in [6.07, 6.45) is 1.53. The smallest absolute Gasteiger partial charge is 0.295 e. The quantitative estimate of drug-likeness (QED) is 0.782. The minimum absolute atomic E-state index is 0.180. The summed E-state index contributed by atoms with van der Waals surface area (Å²) in [7, 11) is 0. The molecule has 1 N–H and O–H groups in total. The van der Waals surface area contributed by atoms with E-state index in [2.05, 4.69) is 20.4 Å². The van der Waals surface area contributed by atoms with Crippen molar-refractivity contribution in [2.24, 2.45) is 0 Å². The predicted octanol–water partition coefficient (Wildman–Crippen LogP) is 1.96. The Hall–Kier alpha value is -2.90. The average molecular weight is 289 g/mol. The van der Waals surface area contributed by atoms with Crippen LogP contribution in [0.15, 0.2) is 30.5 Å². The van der Waals surface area contributed by atoms with Gasteiger partial charge in [-0.3, -0.25) is 4.79 Å². The molecule has 2 aromatic heterocycles. The summed E-state index contributed by atoms with van der Waals surface area (Å²) < 4.78 is 27.9. The van der Waals surface area contributed by atoms with Gasteiger partial charge in [0.2, 0.25) is 5.82 Å². The number of halogens is 2. The number of amides is 1. The molecule has 0 aliphatic carbocycles. The van der Waals surface area contributed by atoms with Gasteiger partial charge < -0.3 is 5.32 Å². The maximum Gasteiger partial charge on any atom is 0.295 e. The van der Waals surface area contributed by atoms with Gasteiger partial charge in [0.25, 0.3) is 11.7 Å². The first kappa shape index (κ1) is 13.1. The Balaban J connectivity index is 1.93. The fourth-order valence-electron chi connectivity index (χ4n) is 1.77. The van der Waals surface area contributed by atoms with Gasteiger partial charge in [-0.25, -0.2) is 18.3 Å². The predicted molar refractivity (Wildman–Crippen MR) is 69.8 cm³/mol. The number of rotatable bonds is 2. The summed E-state index contributed by atoms with van der Waals surface area (Å²) in [5.74, 6) is -2.08. The number of anilines is 1. The van der Waals surface area contributed by atoms with E-state index < -0.39 is 17.5 Å². The molecule has 106 valence electrons. The molecule has 0 radical (unpaired) electrons. The van der Waals surface area contributed by atoms with Crippen LogP contribution in [0.5, 0.6) is 0 Å². The number of aromatic nitrogens is 4. The van der Waals surface area contributed by atoms with Crippen LogP contribution in [0.1, 0.15) is 16.3 Å². The molecule has 0 fully saturated rings. The normalized spacial score (nSPS) is 10.8. The zero-order valence-corrected chi connectivity index (χ0v) is 10.8. The van der Waals surface area contributed by atoms with E-state index in [-0.39, 0.29) is 17.3 Å². The van der Waals surface area contributed by atoms with Crippen molar-refractivity contribution in [2.75, 3.05) is 5.32 Å². The van der Waals surface area contributed by atoms with Crippen LogP contribution in [0.25, 0.3) is 5.78 Å². The van der Waals surface area contributed by atoms with Crippen molar-refractivity contribution in [3.8, 4) is 0 Å². The number of nitrogens with one attached hydrogen (secondary N) is 1. The highest BCUT2D eigenvalue weighted by molar-refractivity contribution is 6.01. The first-order valence-electron chi connectivity index (χ1n) is 5.99. The maximum atomic E-state index is 13.5. The third kappa shape index (κ3) is 2.42. The summed E-state index contributed by atoms with van der Waals surface area (Å²) >= 11 is 0. The summed E-state index contributed by atoms with van der Waals surface area (Å²) in [5, 5.41) is 6.20. The standard InChI is InChI=1S/C13H9F2N5O/c1-7-4-5-16-13-18-11(19-20(7)13)12(21)17-10-6-8(14)2-3-9(10)15/h2-6H,1H3,(H,17,21). The highest BCUT2D eigenvalue weighted by Gasteiger charge is 2.16. The number of hydrogen-bond acceptors (Lipinski definition) is 4. The van der Waals surface area contributed by atoms with Gasteiger partial charge >= 0.3 is 0 Å². The number of aryl methyl sites for hydroxylation is 1. The minimum Gasteiger partial charge on any atom is -0.317 e. The van der Waals surface area contributed by atoms with Crippen molar-refractivity contribution in [1.82, 2.24) is 19.6 Å². The zero-order chi connectivity index (χ0) is 15.0. The van der Waals surface area contributed by atoms with Gasteiger partial charge in [-0.2, -0.15) is 4.98 Å². The fourth-order valence-corrected chi connectivity index (χ4v) is 1.77. The lowest BCUT2D eigenvalue weighted by Gasteiger charge is -2.03. The molecule has 0 atom stereocenters. The van der Waals surface area contributed by atoms with Crippen LogP contribution in [0.2, 0.25) is 0 Å². The van der Waals surface area contributed by atoms with Crippen LogP contribution in [-0.2, 0) is 0 Å². The van der Waals surface area contributed by atoms with Crippen molar-refractivity contribution in [2.45, 2.75) is 6.92 Å². The molecule has 21 heavy (non-hydrogen) atoms. The van der Waals surface area contributed by atoms with Crippen molar-refractivity contribution in [3.63, 3.8) is 0 Å². The lowest BCUT2D eigenvalue weighted by molar-refractivity contribution is 0.101. The number of fused-ring (bicyclic) bond motifs is 1. The van der Waals surface area contributed by atoms with Gasteiger partial charge in [0.1, 0.15) is 11.6 Å². The summed E-state index contributed by atoms with van der Waals surface area (Å²) in [4.78, 5) is 19.9. The lowest BCUT2D eigenvalue weighted by Crippen LogP contribution is -2.15. The molecule has 0 saturated carbocycles. The van der Waals surface area contributed by atoms with Crippen LogP contribution >= 0.6 is 0 Å². The molecule has 0 saturated heterocycles. The van der Waals surface area contributed by atoms with E-state index >= 15 is 0 Å². The summed E-state index contributed by atoms with van der Waals surface area (Å²) in [6, 6.07) is 4.47. The maximum absolute atomic E-state index is 13.5. The molecule has 1 amide bonds. The first-order valence-corrected chi connectivity index (χ1v) is 5.99. The van der Waals surface area contributed by atoms with E-state index in [9.17, 15) is 13.6 Å². The van der Waals surface area contributed by atoms with Crippen molar-refractivity contribution >= 4 is 17.4 Å². The number of carbonyl (C=O) groups excluding carboxylic acids is 1. The number of hydrogen-bond donors (Lipinski definition) is 1. The third-order valence-electron chi connectivity index (χ3n) is 2.81. The summed E-state index contributed by atoms with van der Waals surface area (Å²) in [5.41, 5.74) is 0.465. The van der Waals surface area contributed by atoms with Gasteiger partial charge in [-0.1, -0.05) is 0 Å². The number of carbonyl (C=O) groups is 1. The number of nitrogens with zero attached hydrogens (tertiary/aromatic N) is 4. The summed E-state index contributed by atoms with van der Waals surface area (Å²) in [6.45, 7) is 1.78. The SMILES string of the molecule is Cc1ccnc2nc(C(=O)Nc3cc(F)ccc3F)nn12. The second-order valence-electron chi connectivity index (χ2n) is 4.31. The zero-order valence-electron chi connectivity index (χ0n) is 10.8. The molecule has 0 spiro atoms. The van der Waals surface area contributed by atoms with Crippen LogP contribution in [0.4, 0.5) is 14.5 Å². The number of benzene rings is 1. The van der Waals surface area contributed by atoms with Crippen molar-refractivity contribution in [1.29, 1.82) is 0 Å². The molecule has 0 bridgehead atoms. The van der Waals surface area contributed by atoms with Crippen LogP contribution in [-0.4, -0.2) is 25.5 Å². The van der Waals surface area contributed by atoms with Crippen LogP contribution in [0.3, 0.4) is 0 Å². The molecule has 8 heteroatoms. The van der Waals surface area contributed by atoms with Crippen molar-refractivity contribution in [3.05, 3.63) is 53.6 Å². The Bertz CT molecular complexity index is 846. The molecular formula is C13H9F2N5O. The molecule has 1 aromatic carbocycles. The van der Waals surface area contributed by atoms with Crippen LogP contribution in [0, 0.1) is 18.6 Å². The molecule has 6 nitrogen and oxygen atoms in total. The van der Waals surface area contributed by atoms with E-state index in [1.165, 1.54) is 10.7 Å². The molecule has 3 aromatic rings. The fraction of sp³-hybridized carbons (Fsp3) is 0.0769. The highest BCUT2D eigenvalue weighted by atomic mass is 19.1. The van der Waals surface area contributed by atoms with Gasteiger partial charge in [-0.05, 0) is 25.1 Å². The Labute approximate surface area is 117 Å². The molecule has 0 aliphatic heterocycles. The Morgan fingerprint density at radius 1 is 1.29 bits per heavy atom. The second kappa shape index (κ2) is 4.89. The molecule has 2 heterocycles. The average Bonchev–Trinajstić information content (AvgIpc) is 2.88. The van der Waals surface area contributed by atoms with E-state index in [1.54, 1.807) is 13.0 Å². The van der Waals surface area contributed by atoms with Crippen molar-refractivity contribution < 1.29 is 13.6 Å². The molecular weight excluding hydrogens is 280 g/mol. The Morgan fingerprint density at radius 3 is 2.86 bits per heavy atom. The largest absolute Gasteiger partial charge is 0.317 e. The Kier molecular flexibility index (Phi) is 3.05. The van der Waals surface area contributed by atoms with Crippen LogP contribution < -0.4 is 5.32 Å². The highest BCUT2D eigenvalue weighted by Crippen LogP contribution is 2.16. The van der Waals surface area contributed by atoms with E-state index in [4.69, 9.17) is 0 Å². The second-order valence-corrected chi connectivity index (χ2v) is 4.31. The molecule has 0 unspecified atom stereocenters. The van der Waals surface area contributed by atoms with E-state index in [0.29, 0.717) is 0 Å². The van der Waals surface area contributed by atoms with Gasteiger partial charge in [0, 0.05) is 18.0 Å². The van der Waals surface area contributed by atoms with E-state index in [1.807, 2.05) is 0 Å². The van der Waals surface area contributed by atoms with Gasteiger partial charge in [-0.15, -0.1) is 5.10 Å². The molecule has 3 rings (SSSR count). The minimum atomic E-state index is -0.747. The van der Waals surface area contributed by atoms with Gasteiger partial charge in [0.15, 0.2) is 0 Å². The lowest BCUT2D eigenvalue weighted by atomic mass is 10.3. The Morgan fingerprint density at radius 2 is 2.10 bits per heavy atom. The topological polar surface area (TPSA) is 72.2 Å².